The van der Waals surface area contributed by atoms with E-state index in [9.17, 15) is 18.0 Å². The Morgan fingerprint density at radius 1 is 1.07 bits per heavy atom. The second-order valence-corrected chi connectivity index (χ2v) is 14.3. The first kappa shape index (κ1) is 32.2. The number of benzene rings is 2. The summed E-state index contributed by atoms with van der Waals surface area (Å²) in [7, 11) is 2.00. The van der Waals surface area contributed by atoms with E-state index in [1.807, 2.05) is 29.2 Å². The van der Waals surface area contributed by atoms with Gasteiger partial charge in [-0.15, -0.1) is 0 Å². The third kappa shape index (κ3) is 6.18. The molecule has 0 bridgehead atoms. The highest BCUT2D eigenvalue weighted by Gasteiger charge is 2.33. The van der Waals surface area contributed by atoms with E-state index in [4.69, 9.17) is 14.2 Å². The van der Waals surface area contributed by atoms with Crippen molar-refractivity contribution in [2.75, 3.05) is 54.6 Å². The van der Waals surface area contributed by atoms with Crippen molar-refractivity contribution in [2.45, 2.75) is 50.7 Å². The minimum absolute atomic E-state index is 0.0851. The number of carbonyl (C=O) groups is 2. The lowest BCUT2D eigenvalue weighted by molar-refractivity contribution is -0.136. The fourth-order valence-corrected chi connectivity index (χ4v) is 7.51. The fraction of sp³-hybridized carbons (Fsp3) is 0.471. The van der Waals surface area contributed by atoms with E-state index in [0.29, 0.717) is 43.5 Å². The SMILES string of the molecule is COC[C@H]1CN(C(=O)C2=Cc3cc(OC)ccc3-c3c(C4CCCCC4)c4ccc(C(=O)NS(=O)(=O)N(C)C)cc4n3C2)CCO1. The van der Waals surface area contributed by atoms with Crippen LogP contribution >= 0.6 is 0 Å². The molecule has 2 amide bonds. The van der Waals surface area contributed by atoms with Crippen molar-refractivity contribution in [1.29, 1.82) is 0 Å². The molecule has 1 aliphatic carbocycles. The molecular formula is C34H42N4O7S. The summed E-state index contributed by atoms with van der Waals surface area (Å²) >= 11 is 0. The Morgan fingerprint density at radius 3 is 2.57 bits per heavy atom. The number of nitrogens with one attached hydrogen (secondary N) is 1. The Hall–Kier alpha value is -3.71. The van der Waals surface area contributed by atoms with Gasteiger partial charge < -0.3 is 23.7 Å². The number of fused-ring (bicyclic) bond motifs is 5. The molecule has 2 aliphatic heterocycles. The molecule has 1 N–H and O–H groups in total. The molecule has 3 aliphatic rings. The van der Waals surface area contributed by atoms with Crippen molar-refractivity contribution in [3.8, 4) is 17.0 Å². The zero-order valence-electron chi connectivity index (χ0n) is 26.9. The summed E-state index contributed by atoms with van der Waals surface area (Å²) in [6.07, 6.45) is 7.33. The number of amides is 2. The van der Waals surface area contributed by atoms with Crippen LogP contribution in [0.5, 0.6) is 5.75 Å². The first-order valence-electron chi connectivity index (χ1n) is 15.8. The average molecular weight is 651 g/mol. The molecule has 3 heterocycles. The smallest absolute Gasteiger partial charge is 0.303 e. The number of rotatable bonds is 8. The summed E-state index contributed by atoms with van der Waals surface area (Å²) in [5, 5.41) is 1.01. The molecule has 1 saturated carbocycles. The lowest BCUT2D eigenvalue weighted by Crippen LogP contribution is -2.47. The van der Waals surface area contributed by atoms with Gasteiger partial charge in [-0.2, -0.15) is 12.7 Å². The largest absolute Gasteiger partial charge is 0.497 e. The fourth-order valence-electron chi connectivity index (χ4n) is 6.97. The zero-order chi connectivity index (χ0) is 32.6. The van der Waals surface area contributed by atoms with Crippen molar-refractivity contribution in [1.82, 2.24) is 18.5 Å². The molecule has 1 aromatic heterocycles. The Bertz CT molecular complexity index is 1790. The summed E-state index contributed by atoms with van der Waals surface area (Å²) in [5.74, 6) is 0.201. The van der Waals surface area contributed by atoms with E-state index in [-0.39, 0.29) is 24.1 Å². The number of aromatic nitrogens is 1. The van der Waals surface area contributed by atoms with Gasteiger partial charge in [-0.3, -0.25) is 9.59 Å². The molecule has 3 aromatic rings. The average Bonchev–Trinajstić information content (AvgIpc) is 3.27. The topological polar surface area (TPSA) is 119 Å². The second kappa shape index (κ2) is 13.2. The van der Waals surface area contributed by atoms with E-state index in [1.54, 1.807) is 26.4 Å². The molecule has 2 aromatic carbocycles. The highest BCUT2D eigenvalue weighted by Crippen LogP contribution is 2.47. The normalized spacial score (nSPS) is 18.9. The highest BCUT2D eigenvalue weighted by molar-refractivity contribution is 7.87. The maximum atomic E-state index is 14.3. The predicted octanol–water partition coefficient (Wildman–Crippen LogP) is 4.17. The lowest BCUT2D eigenvalue weighted by Gasteiger charge is -2.33. The van der Waals surface area contributed by atoms with Crippen molar-refractivity contribution in [2.24, 2.45) is 0 Å². The van der Waals surface area contributed by atoms with Crippen LogP contribution in [0, 0.1) is 0 Å². The number of carbonyl (C=O) groups excluding carboxylic acids is 2. The van der Waals surface area contributed by atoms with Crippen LogP contribution in [0.2, 0.25) is 0 Å². The molecule has 6 rings (SSSR count). The van der Waals surface area contributed by atoms with E-state index in [1.165, 1.54) is 26.1 Å². The first-order chi connectivity index (χ1) is 22.1. The van der Waals surface area contributed by atoms with E-state index >= 15 is 0 Å². The monoisotopic (exact) mass is 650 g/mol. The maximum Gasteiger partial charge on any atom is 0.303 e. The number of methoxy groups -OCH3 is 2. The van der Waals surface area contributed by atoms with Gasteiger partial charge in [-0.05, 0) is 66.3 Å². The number of nitrogens with zero attached hydrogens (tertiary/aromatic N) is 3. The summed E-state index contributed by atoms with van der Waals surface area (Å²) in [6.45, 7) is 2.00. The summed E-state index contributed by atoms with van der Waals surface area (Å²) < 4.78 is 47.0. The van der Waals surface area contributed by atoms with E-state index in [0.717, 1.165) is 57.7 Å². The van der Waals surface area contributed by atoms with Crippen LogP contribution in [0.1, 0.15) is 59.5 Å². The summed E-state index contributed by atoms with van der Waals surface area (Å²) in [6, 6.07) is 11.3. The van der Waals surface area contributed by atoms with Crippen LogP contribution < -0.4 is 9.46 Å². The van der Waals surface area contributed by atoms with Gasteiger partial charge in [-0.1, -0.05) is 25.3 Å². The van der Waals surface area contributed by atoms with Crippen molar-refractivity contribution in [3.63, 3.8) is 0 Å². The Kier molecular flexibility index (Phi) is 9.24. The number of hydrogen-bond donors (Lipinski definition) is 1. The quantitative estimate of drug-likeness (QED) is 0.389. The van der Waals surface area contributed by atoms with Gasteiger partial charge in [0.05, 0.1) is 38.7 Å². The van der Waals surface area contributed by atoms with Crippen LogP contribution in [-0.2, 0) is 31.0 Å². The summed E-state index contributed by atoms with van der Waals surface area (Å²) in [4.78, 5) is 29.3. The number of morpholine rings is 1. The van der Waals surface area contributed by atoms with Gasteiger partial charge >= 0.3 is 10.2 Å². The van der Waals surface area contributed by atoms with Crippen LogP contribution in [0.4, 0.5) is 0 Å². The van der Waals surface area contributed by atoms with E-state index < -0.39 is 16.1 Å². The first-order valence-corrected chi connectivity index (χ1v) is 17.2. The minimum atomic E-state index is -3.99. The maximum absolute atomic E-state index is 14.3. The van der Waals surface area contributed by atoms with Crippen LogP contribution in [0.25, 0.3) is 28.2 Å². The third-order valence-corrected chi connectivity index (χ3v) is 10.7. The van der Waals surface area contributed by atoms with Crippen molar-refractivity contribution < 1.29 is 32.2 Å². The van der Waals surface area contributed by atoms with Gasteiger partial charge in [0.15, 0.2) is 0 Å². The molecule has 0 spiro atoms. The van der Waals surface area contributed by atoms with Gasteiger partial charge in [-0.25, -0.2) is 4.72 Å². The van der Waals surface area contributed by atoms with Crippen molar-refractivity contribution >= 4 is 39.0 Å². The molecular weight excluding hydrogens is 608 g/mol. The summed E-state index contributed by atoms with van der Waals surface area (Å²) in [5.41, 5.74) is 5.72. The lowest BCUT2D eigenvalue weighted by atomic mass is 9.81. The third-order valence-electron chi connectivity index (χ3n) is 9.31. The van der Waals surface area contributed by atoms with Crippen LogP contribution in [0.15, 0.2) is 42.0 Å². The molecule has 1 saturated heterocycles. The molecule has 246 valence electrons. The molecule has 11 nitrogen and oxygen atoms in total. The standard InChI is InChI=1S/C34H42N4O7S/c1-36(2)46(41,42)35-33(39)23-10-12-29-30(18-23)38-19-25(34(40)37-14-15-45-27(20-37)21-43-3)16-24-17-26(44-4)11-13-28(24)32(38)31(29)22-8-6-5-7-9-22/h10-13,16-18,22,27H,5-9,14-15,19-21H2,1-4H3,(H,35,39)/t27-/m1/s1. The zero-order valence-corrected chi connectivity index (χ0v) is 27.7. The second-order valence-electron chi connectivity index (χ2n) is 12.5. The molecule has 2 fully saturated rings. The van der Waals surface area contributed by atoms with Gasteiger partial charge in [0.2, 0.25) is 0 Å². The number of ether oxygens (including phenoxy) is 3. The Labute approximate surface area is 270 Å². The number of hydrogen-bond acceptors (Lipinski definition) is 7. The van der Waals surface area contributed by atoms with Crippen LogP contribution in [0.3, 0.4) is 0 Å². The highest BCUT2D eigenvalue weighted by atomic mass is 32.2. The molecule has 0 radical (unpaired) electrons. The minimum Gasteiger partial charge on any atom is -0.497 e. The Morgan fingerprint density at radius 2 is 1.85 bits per heavy atom. The van der Waals surface area contributed by atoms with Gasteiger partial charge in [0.1, 0.15) is 5.75 Å². The van der Waals surface area contributed by atoms with Crippen LogP contribution in [-0.4, -0.2) is 94.7 Å². The van der Waals surface area contributed by atoms with Crippen molar-refractivity contribution in [3.05, 3.63) is 58.7 Å². The molecule has 1 atom stereocenters. The van der Waals surface area contributed by atoms with E-state index in [2.05, 4.69) is 15.4 Å². The Balaban J connectivity index is 1.53. The molecule has 12 heteroatoms. The predicted molar refractivity (Wildman–Crippen MR) is 176 cm³/mol. The van der Waals surface area contributed by atoms with Gasteiger partial charge in [0, 0.05) is 61.9 Å². The molecule has 0 unspecified atom stereocenters. The van der Waals surface area contributed by atoms with Gasteiger partial charge in [0.25, 0.3) is 11.8 Å². The molecule has 46 heavy (non-hydrogen) atoms.